The maximum atomic E-state index is 13.0. The fourth-order valence-electron chi connectivity index (χ4n) is 4.09. The standard InChI is InChI=1S/C25H26N2O4/c1-15(2)14-27-24(29)21-10-5-4-9-20(21)22(26-27)25(30)31-16(3)23(28)19-12-11-17-7-6-8-18(17)13-19/h4-5,9-13,15-16H,6-8,14H2,1-3H3/t16-/m0/s1. The predicted molar refractivity (Wildman–Crippen MR) is 119 cm³/mol. The van der Waals surface area contributed by atoms with Gasteiger partial charge in [-0.3, -0.25) is 9.59 Å². The largest absolute Gasteiger partial charge is 0.449 e. The molecule has 0 fully saturated rings. The number of hydrogen-bond acceptors (Lipinski definition) is 5. The number of fused-ring (bicyclic) bond motifs is 2. The maximum absolute atomic E-state index is 13.0. The van der Waals surface area contributed by atoms with E-state index < -0.39 is 12.1 Å². The van der Waals surface area contributed by atoms with Crippen molar-refractivity contribution in [2.45, 2.75) is 52.7 Å². The summed E-state index contributed by atoms with van der Waals surface area (Å²) in [4.78, 5) is 38.6. The summed E-state index contributed by atoms with van der Waals surface area (Å²) in [6.07, 6.45) is 2.15. The molecule has 6 nitrogen and oxygen atoms in total. The van der Waals surface area contributed by atoms with Gasteiger partial charge in [-0.2, -0.15) is 5.10 Å². The van der Waals surface area contributed by atoms with Crippen LogP contribution in [0.4, 0.5) is 0 Å². The van der Waals surface area contributed by atoms with Crippen LogP contribution in [-0.2, 0) is 24.1 Å². The molecule has 1 atom stereocenters. The molecule has 31 heavy (non-hydrogen) atoms. The molecule has 3 aromatic rings. The molecule has 1 heterocycles. The minimum absolute atomic E-state index is 0.0458. The minimum atomic E-state index is -0.960. The predicted octanol–water partition coefficient (Wildman–Crippen LogP) is 3.97. The Morgan fingerprint density at radius 3 is 2.48 bits per heavy atom. The number of aromatic nitrogens is 2. The summed E-state index contributed by atoms with van der Waals surface area (Å²) in [5, 5.41) is 5.12. The Morgan fingerprint density at radius 2 is 1.74 bits per heavy atom. The molecule has 0 saturated carbocycles. The second-order valence-electron chi connectivity index (χ2n) is 8.52. The molecule has 1 aliphatic carbocycles. The lowest BCUT2D eigenvalue weighted by Crippen LogP contribution is -2.30. The third-order valence-corrected chi connectivity index (χ3v) is 5.64. The van der Waals surface area contributed by atoms with Crippen molar-refractivity contribution < 1.29 is 14.3 Å². The number of hydrogen-bond donors (Lipinski definition) is 0. The summed E-state index contributed by atoms with van der Waals surface area (Å²) < 4.78 is 6.82. The van der Waals surface area contributed by atoms with Crippen molar-refractivity contribution >= 4 is 22.5 Å². The lowest BCUT2D eigenvalue weighted by Gasteiger charge is -2.15. The van der Waals surface area contributed by atoms with Gasteiger partial charge in [-0.1, -0.05) is 44.2 Å². The number of carbonyl (C=O) groups is 2. The van der Waals surface area contributed by atoms with Gasteiger partial charge in [0.2, 0.25) is 5.78 Å². The number of carbonyl (C=O) groups excluding carboxylic acids is 2. The normalized spacial score (nSPS) is 13.9. The van der Waals surface area contributed by atoms with Gasteiger partial charge in [-0.15, -0.1) is 0 Å². The van der Waals surface area contributed by atoms with Crippen LogP contribution in [0, 0.1) is 5.92 Å². The van der Waals surface area contributed by atoms with E-state index in [0.717, 1.165) is 19.3 Å². The third kappa shape index (κ3) is 4.15. The fourth-order valence-corrected chi connectivity index (χ4v) is 4.09. The Kier molecular flexibility index (Phi) is 5.72. The first-order valence-corrected chi connectivity index (χ1v) is 10.7. The lowest BCUT2D eigenvalue weighted by atomic mass is 10.0. The summed E-state index contributed by atoms with van der Waals surface area (Å²) in [5.74, 6) is -0.783. The van der Waals surface area contributed by atoms with Gasteiger partial charge in [0, 0.05) is 17.5 Å². The van der Waals surface area contributed by atoms with E-state index in [2.05, 4.69) is 5.10 Å². The maximum Gasteiger partial charge on any atom is 0.360 e. The number of aryl methyl sites for hydroxylation is 2. The van der Waals surface area contributed by atoms with Gasteiger partial charge in [0.25, 0.3) is 5.56 Å². The van der Waals surface area contributed by atoms with E-state index in [9.17, 15) is 14.4 Å². The smallest absolute Gasteiger partial charge is 0.360 e. The van der Waals surface area contributed by atoms with Gasteiger partial charge < -0.3 is 4.74 Å². The number of rotatable bonds is 6. The first-order valence-electron chi connectivity index (χ1n) is 10.7. The molecule has 160 valence electrons. The van der Waals surface area contributed by atoms with Crippen molar-refractivity contribution in [3.8, 4) is 0 Å². The van der Waals surface area contributed by atoms with Crippen LogP contribution in [0.25, 0.3) is 10.8 Å². The van der Waals surface area contributed by atoms with Crippen LogP contribution in [0.3, 0.4) is 0 Å². The van der Waals surface area contributed by atoms with Crippen molar-refractivity contribution in [3.05, 3.63) is 75.2 Å². The molecule has 2 aromatic carbocycles. The lowest BCUT2D eigenvalue weighted by molar-refractivity contribution is 0.0312. The summed E-state index contributed by atoms with van der Waals surface area (Å²) in [5.41, 5.74) is 2.82. The van der Waals surface area contributed by atoms with E-state index in [1.165, 1.54) is 15.8 Å². The molecule has 1 aliphatic rings. The zero-order chi connectivity index (χ0) is 22.1. The summed E-state index contributed by atoms with van der Waals surface area (Å²) >= 11 is 0. The molecule has 0 radical (unpaired) electrons. The van der Waals surface area contributed by atoms with Gasteiger partial charge in [0.05, 0.1) is 5.39 Å². The number of nitrogens with zero attached hydrogens (tertiary/aromatic N) is 2. The average Bonchev–Trinajstić information content (AvgIpc) is 3.22. The molecular weight excluding hydrogens is 392 g/mol. The first kappa shape index (κ1) is 21.0. The van der Waals surface area contributed by atoms with Crippen LogP contribution >= 0.6 is 0 Å². The fraction of sp³-hybridized carbons (Fsp3) is 0.360. The van der Waals surface area contributed by atoms with Crippen molar-refractivity contribution in [3.63, 3.8) is 0 Å². The van der Waals surface area contributed by atoms with Gasteiger partial charge in [-0.05, 0) is 55.4 Å². The number of ketones is 1. The van der Waals surface area contributed by atoms with Crippen LogP contribution in [0.2, 0.25) is 0 Å². The zero-order valence-electron chi connectivity index (χ0n) is 18.1. The minimum Gasteiger partial charge on any atom is -0.449 e. The second kappa shape index (κ2) is 8.46. The van der Waals surface area contributed by atoms with Crippen LogP contribution in [0.5, 0.6) is 0 Å². The third-order valence-electron chi connectivity index (χ3n) is 5.64. The monoisotopic (exact) mass is 418 g/mol. The Bertz CT molecular complexity index is 1230. The Balaban J connectivity index is 1.62. The molecule has 1 aromatic heterocycles. The quantitative estimate of drug-likeness (QED) is 0.447. The molecule has 0 N–H and O–H groups in total. The molecule has 0 bridgehead atoms. The van der Waals surface area contributed by atoms with Crippen molar-refractivity contribution in [1.29, 1.82) is 0 Å². The van der Waals surface area contributed by atoms with E-state index >= 15 is 0 Å². The van der Waals surface area contributed by atoms with E-state index in [-0.39, 0.29) is 23.0 Å². The molecule has 0 amide bonds. The second-order valence-corrected chi connectivity index (χ2v) is 8.52. The van der Waals surface area contributed by atoms with E-state index in [0.29, 0.717) is 22.9 Å². The zero-order valence-corrected chi connectivity index (χ0v) is 18.1. The van der Waals surface area contributed by atoms with Crippen molar-refractivity contribution in [2.24, 2.45) is 5.92 Å². The summed E-state index contributed by atoms with van der Waals surface area (Å²) in [6.45, 7) is 5.89. The molecule has 4 rings (SSSR count). The molecule has 6 heteroatoms. The highest BCUT2D eigenvalue weighted by Crippen LogP contribution is 2.24. The Labute approximate surface area is 180 Å². The number of ether oxygens (including phenoxy) is 1. The molecule has 0 aliphatic heterocycles. The van der Waals surface area contributed by atoms with Crippen LogP contribution < -0.4 is 5.56 Å². The van der Waals surface area contributed by atoms with E-state index in [1.807, 2.05) is 26.0 Å². The van der Waals surface area contributed by atoms with Crippen molar-refractivity contribution in [1.82, 2.24) is 9.78 Å². The molecule has 0 unspecified atom stereocenters. The number of esters is 1. The van der Waals surface area contributed by atoms with Gasteiger partial charge >= 0.3 is 5.97 Å². The highest BCUT2D eigenvalue weighted by atomic mass is 16.5. The molecular formula is C25H26N2O4. The summed E-state index contributed by atoms with van der Waals surface area (Å²) in [6, 6.07) is 12.5. The van der Waals surface area contributed by atoms with Crippen LogP contribution in [0.1, 0.15) is 59.2 Å². The number of Topliss-reactive ketones (excluding diaryl/α,β-unsaturated/α-hetero) is 1. The van der Waals surface area contributed by atoms with Crippen LogP contribution in [0.15, 0.2) is 47.3 Å². The Hall–Kier alpha value is -3.28. The molecule has 0 spiro atoms. The SMILES string of the molecule is CC(C)Cn1nc(C(=O)O[C@@H](C)C(=O)c2ccc3c(c2)CCC3)c2ccccc2c1=O. The highest BCUT2D eigenvalue weighted by molar-refractivity contribution is 6.05. The van der Waals surface area contributed by atoms with E-state index in [4.69, 9.17) is 4.74 Å². The average molecular weight is 418 g/mol. The summed E-state index contributed by atoms with van der Waals surface area (Å²) in [7, 11) is 0. The van der Waals surface area contributed by atoms with Crippen molar-refractivity contribution in [2.75, 3.05) is 0 Å². The van der Waals surface area contributed by atoms with E-state index in [1.54, 1.807) is 37.3 Å². The van der Waals surface area contributed by atoms with Gasteiger partial charge in [0.1, 0.15) is 0 Å². The highest BCUT2D eigenvalue weighted by Gasteiger charge is 2.25. The van der Waals surface area contributed by atoms with Crippen LogP contribution in [-0.4, -0.2) is 27.6 Å². The van der Waals surface area contributed by atoms with Gasteiger partial charge in [0.15, 0.2) is 11.8 Å². The molecule has 0 saturated heterocycles. The first-order chi connectivity index (χ1) is 14.8. The Morgan fingerprint density at radius 1 is 1.03 bits per heavy atom. The van der Waals surface area contributed by atoms with Gasteiger partial charge in [-0.25, -0.2) is 9.48 Å². The number of benzene rings is 2. The topological polar surface area (TPSA) is 78.3 Å².